The molecule has 0 saturated carbocycles. The lowest BCUT2D eigenvalue weighted by Gasteiger charge is -2.09. The Morgan fingerprint density at radius 1 is 1.33 bits per heavy atom. The third kappa shape index (κ3) is 3.44. The number of anilines is 1. The summed E-state index contributed by atoms with van der Waals surface area (Å²) < 4.78 is 1.57. The van der Waals surface area contributed by atoms with Crippen LogP contribution in [0.3, 0.4) is 0 Å². The van der Waals surface area contributed by atoms with Crippen LogP contribution in [0.4, 0.5) is 5.82 Å². The van der Waals surface area contributed by atoms with Crippen LogP contribution in [-0.2, 0) is 17.8 Å². The van der Waals surface area contributed by atoms with Crippen LogP contribution in [-0.4, -0.2) is 33.6 Å². The van der Waals surface area contributed by atoms with Gasteiger partial charge in [-0.25, -0.2) is 4.68 Å². The molecule has 21 heavy (non-hydrogen) atoms. The predicted octanol–water partition coefficient (Wildman–Crippen LogP) is 0.839. The van der Waals surface area contributed by atoms with E-state index in [9.17, 15) is 9.59 Å². The van der Waals surface area contributed by atoms with Crippen molar-refractivity contribution in [3.05, 3.63) is 41.9 Å². The topological polar surface area (TPSA) is 88.9 Å². The number of pyridine rings is 1. The predicted molar refractivity (Wildman–Crippen MR) is 77.9 cm³/mol. The first-order valence-electron chi connectivity index (χ1n) is 6.63. The highest BCUT2D eigenvalue weighted by molar-refractivity contribution is 6.02. The average molecular weight is 287 g/mol. The van der Waals surface area contributed by atoms with E-state index in [-0.39, 0.29) is 18.2 Å². The highest BCUT2D eigenvalue weighted by atomic mass is 16.2. The molecule has 2 amide bonds. The minimum Gasteiger partial charge on any atom is -0.355 e. The number of rotatable bonds is 5. The maximum atomic E-state index is 12.1. The molecule has 0 bridgehead atoms. The number of carbonyl (C=O) groups is 2. The quantitative estimate of drug-likeness (QED) is 0.852. The number of nitrogens with one attached hydrogen (secondary N) is 2. The van der Waals surface area contributed by atoms with Crippen molar-refractivity contribution in [3.63, 3.8) is 0 Å². The maximum absolute atomic E-state index is 12.1. The van der Waals surface area contributed by atoms with Crippen LogP contribution in [0.5, 0.6) is 0 Å². The number of amides is 2. The molecule has 2 heterocycles. The first-order chi connectivity index (χ1) is 10.2. The normalized spacial score (nSPS) is 10.2. The number of hydrogen-bond donors (Lipinski definition) is 2. The zero-order valence-corrected chi connectivity index (χ0v) is 12.0. The summed E-state index contributed by atoms with van der Waals surface area (Å²) in [5.41, 5.74) is 1.01. The standard InChI is InChI=1S/C14H17N5O2/c1-3-19-13(11(9-17-19)14(21)15-2)18-12(20)8-10-6-4-5-7-16-10/h4-7,9H,3,8H2,1-2H3,(H,15,21)(H,18,20). The maximum Gasteiger partial charge on any atom is 0.256 e. The molecule has 7 heteroatoms. The van der Waals surface area contributed by atoms with Crippen LogP contribution in [0.2, 0.25) is 0 Å². The van der Waals surface area contributed by atoms with Crippen LogP contribution < -0.4 is 10.6 Å². The summed E-state index contributed by atoms with van der Waals surface area (Å²) >= 11 is 0. The van der Waals surface area contributed by atoms with E-state index in [1.165, 1.54) is 13.2 Å². The highest BCUT2D eigenvalue weighted by Crippen LogP contribution is 2.15. The van der Waals surface area contributed by atoms with Crippen LogP contribution in [0.25, 0.3) is 0 Å². The first kappa shape index (κ1) is 14.7. The second-order valence-electron chi connectivity index (χ2n) is 4.35. The molecule has 0 aliphatic carbocycles. The van der Waals surface area contributed by atoms with Gasteiger partial charge in [0.2, 0.25) is 5.91 Å². The SMILES string of the molecule is CCn1ncc(C(=O)NC)c1NC(=O)Cc1ccccn1. The van der Waals surface area contributed by atoms with Gasteiger partial charge in [-0.3, -0.25) is 14.6 Å². The van der Waals surface area contributed by atoms with Gasteiger partial charge in [-0.05, 0) is 19.1 Å². The van der Waals surface area contributed by atoms with Crippen molar-refractivity contribution >= 4 is 17.6 Å². The van der Waals surface area contributed by atoms with E-state index >= 15 is 0 Å². The lowest BCUT2D eigenvalue weighted by molar-refractivity contribution is -0.115. The van der Waals surface area contributed by atoms with Gasteiger partial charge in [-0.1, -0.05) is 6.07 Å². The molecule has 0 aliphatic heterocycles. The zero-order chi connectivity index (χ0) is 15.2. The van der Waals surface area contributed by atoms with E-state index in [2.05, 4.69) is 20.7 Å². The van der Waals surface area contributed by atoms with Crippen molar-refractivity contribution in [2.45, 2.75) is 19.9 Å². The molecule has 0 fully saturated rings. The largest absolute Gasteiger partial charge is 0.355 e. The fourth-order valence-electron chi connectivity index (χ4n) is 1.90. The summed E-state index contributed by atoms with van der Waals surface area (Å²) in [5, 5.41) is 9.35. The smallest absolute Gasteiger partial charge is 0.256 e. The van der Waals surface area contributed by atoms with Crippen LogP contribution in [0.15, 0.2) is 30.6 Å². The summed E-state index contributed by atoms with van der Waals surface area (Å²) in [4.78, 5) is 28.0. The monoisotopic (exact) mass is 287 g/mol. The highest BCUT2D eigenvalue weighted by Gasteiger charge is 2.18. The Balaban J connectivity index is 2.16. The molecule has 0 atom stereocenters. The minimum absolute atomic E-state index is 0.142. The van der Waals surface area contributed by atoms with Gasteiger partial charge in [0.15, 0.2) is 0 Å². The number of nitrogens with zero attached hydrogens (tertiary/aromatic N) is 3. The Hall–Kier alpha value is -2.70. The molecule has 0 unspecified atom stereocenters. The third-order valence-corrected chi connectivity index (χ3v) is 2.94. The van der Waals surface area contributed by atoms with Crippen molar-refractivity contribution < 1.29 is 9.59 Å². The third-order valence-electron chi connectivity index (χ3n) is 2.94. The van der Waals surface area contributed by atoms with Gasteiger partial charge in [0, 0.05) is 25.5 Å². The Bertz CT molecular complexity index is 636. The van der Waals surface area contributed by atoms with Gasteiger partial charge in [-0.2, -0.15) is 5.10 Å². The van der Waals surface area contributed by atoms with Crippen LogP contribution in [0.1, 0.15) is 23.0 Å². The van der Waals surface area contributed by atoms with Gasteiger partial charge in [0.05, 0.1) is 12.6 Å². The van der Waals surface area contributed by atoms with E-state index in [0.29, 0.717) is 23.6 Å². The van der Waals surface area contributed by atoms with Crippen molar-refractivity contribution in [1.29, 1.82) is 0 Å². The summed E-state index contributed by atoms with van der Waals surface area (Å²) in [6.07, 6.45) is 3.22. The molecule has 110 valence electrons. The first-order valence-corrected chi connectivity index (χ1v) is 6.63. The molecule has 0 radical (unpaired) electrons. The van der Waals surface area contributed by atoms with Gasteiger partial charge < -0.3 is 10.6 Å². The van der Waals surface area contributed by atoms with Crippen LogP contribution in [0, 0.1) is 0 Å². The fourth-order valence-corrected chi connectivity index (χ4v) is 1.90. The molecule has 7 nitrogen and oxygen atoms in total. The summed E-state index contributed by atoms with van der Waals surface area (Å²) in [7, 11) is 1.53. The Kier molecular flexibility index (Phi) is 4.65. The summed E-state index contributed by atoms with van der Waals surface area (Å²) in [6, 6.07) is 5.38. The number of aromatic nitrogens is 3. The van der Waals surface area contributed by atoms with E-state index in [4.69, 9.17) is 0 Å². The van der Waals surface area contributed by atoms with Crippen LogP contribution >= 0.6 is 0 Å². The van der Waals surface area contributed by atoms with Crippen molar-refractivity contribution in [1.82, 2.24) is 20.1 Å². The Morgan fingerprint density at radius 2 is 2.14 bits per heavy atom. The fraction of sp³-hybridized carbons (Fsp3) is 0.286. The summed E-state index contributed by atoms with van der Waals surface area (Å²) in [5.74, 6) is -0.130. The van der Waals surface area contributed by atoms with E-state index in [1.807, 2.05) is 13.0 Å². The molecular formula is C14H17N5O2. The minimum atomic E-state index is -0.289. The second-order valence-corrected chi connectivity index (χ2v) is 4.35. The second kappa shape index (κ2) is 6.65. The van der Waals surface area contributed by atoms with E-state index < -0.39 is 0 Å². The molecule has 0 aromatic carbocycles. The van der Waals surface area contributed by atoms with Crippen molar-refractivity contribution in [3.8, 4) is 0 Å². The lowest BCUT2D eigenvalue weighted by atomic mass is 10.2. The van der Waals surface area contributed by atoms with Crippen molar-refractivity contribution in [2.75, 3.05) is 12.4 Å². The molecule has 2 N–H and O–H groups in total. The van der Waals surface area contributed by atoms with Gasteiger partial charge >= 0.3 is 0 Å². The van der Waals surface area contributed by atoms with Crippen molar-refractivity contribution in [2.24, 2.45) is 0 Å². The van der Waals surface area contributed by atoms with E-state index in [0.717, 1.165) is 0 Å². The molecule has 2 rings (SSSR count). The van der Waals surface area contributed by atoms with Gasteiger partial charge in [0.1, 0.15) is 11.4 Å². The molecular weight excluding hydrogens is 270 g/mol. The zero-order valence-electron chi connectivity index (χ0n) is 12.0. The average Bonchev–Trinajstić information content (AvgIpc) is 2.90. The lowest BCUT2D eigenvalue weighted by Crippen LogP contribution is -2.23. The molecule has 2 aromatic rings. The Labute approximate surface area is 122 Å². The molecule has 0 spiro atoms. The number of hydrogen-bond acceptors (Lipinski definition) is 4. The van der Waals surface area contributed by atoms with Gasteiger partial charge in [0.25, 0.3) is 5.91 Å². The molecule has 2 aromatic heterocycles. The summed E-state index contributed by atoms with van der Waals surface area (Å²) in [6.45, 7) is 2.44. The van der Waals surface area contributed by atoms with E-state index in [1.54, 1.807) is 23.0 Å². The molecule has 0 saturated heterocycles. The molecule has 0 aliphatic rings. The van der Waals surface area contributed by atoms with Gasteiger partial charge in [-0.15, -0.1) is 0 Å². The number of aryl methyl sites for hydroxylation is 1. The Morgan fingerprint density at radius 3 is 2.76 bits per heavy atom. The number of carbonyl (C=O) groups excluding carboxylic acids is 2.